The smallest absolute Gasteiger partial charge is 0.329 e. The quantitative estimate of drug-likeness (QED) is 0.843. The molecule has 1 aliphatic rings. The number of amides is 1. The Labute approximate surface area is 117 Å². The van der Waals surface area contributed by atoms with Gasteiger partial charge in [0.15, 0.2) is 5.84 Å². The van der Waals surface area contributed by atoms with Gasteiger partial charge in [0, 0.05) is 6.20 Å². The molecule has 0 saturated carbocycles. The fraction of sp³-hybridized carbons (Fsp3) is 0.429. The highest BCUT2D eigenvalue weighted by Crippen LogP contribution is 2.25. The highest BCUT2D eigenvalue weighted by Gasteiger charge is 2.41. The summed E-state index contributed by atoms with van der Waals surface area (Å²) in [5, 5.41) is 8.10. The van der Waals surface area contributed by atoms with Crippen molar-refractivity contribution >= 4 is 17.7 Å². The first-order valence-electron chi connectivity index (χ1n) is 6.42. The molecule has 6 heteroatoms. The molecule has 0 fully saturated rings. The summed E-state index contributed by atoms with van der Waals surface area (Å²) in [5.74, 6) is -0.725. The van der Waals surface area contributed by atoms with Crippen molar-refractivity contribution in [3.8, 4) is 0 Å². The molecule has 0 radical (unpaired) electrons. The molecule has 1 aliphatic heterocycles. The van der Waals surface area contributed by atoms with E-state index in [9.17, 15) is 9.59 Å². The molecule has 0 unspecified atom stereocenters. The molecule has 2 rings (SSSR count). The number of ether oxygens (including phenoxy) is 1. The number of aromatic nitrogens is 1. The van der Waals surface area contributed by atoms with E-state index in [-0.39, 0.29) is 17.7 Å². The van der Waals surface area contributed by atoms with E-state index in [4.69, 9.17) is 10.1 Å². The Bertz CT molecular complexity index is 534. The number of rotatable bonds is 4. The van der Waals surface area contributed by atoms with E-state index in [1.54, 1.807) is 12.1 Å². The molecule has 106 valence electrons. The molecule has 0 aliphatic carbocycles. The standard InChI is InChI=1S/C14H17N3O3/c1-8(2)7-10(14(19)20-3)17-12(15)11-9(13(17)18)5-4-6-16-11/h4-6,8,10,15H,7H2,1-3H3/t10-/m0/s1. The number of methoxy groups -OCH3 is 1. The van der Waals surface area contributed by atoms with Crippen molar-refractivity contribution in [3.63, 3.8) is 0 Å². The van der Waals surface area contributed by atoms with Crippen LogP contribution in [0.25, 0.3) is 0 Å². The minimum atomic E-state index is -0.783. The molecule has 2 heterocycles. The van der Waals surface area contributed by atoms with Gasteiger partial charge in [-0.2, -0.15) is 0 Å². The lowest BCUT2D eigenvalue weighted by Crippen LogP contribution is -2.46. The van der Waals surface area contributed by atoms with E-state index in [0.29, 0.717) is 17.7 Å². The molecule has 0 spiro atoms. The van der Waals surface area contributed by atoms with Gasteiger partial charge in [0.25, 0.3) is 5.91 Å². The Kier molecular flexibility index (Phi) is 3.83. The summed E-state index contributed by atoms with van der Waals surface area (Å²) in [4.78, 5) is 29.6. The van der Waals surface area contributed by atoms with Gasteiger partial charge in [-0.15, -0.1) is 0 Å². The molecule has 0 aromatic carbocycles. The molecule has 1 amide bonds. The molecular weight excluding hydrogens is 258 g/mol. The van der Waals surface area contributed by atoms with Crippen LogP contribution in [0.1, 0.15) is 36.3 Å². The highest BCUT2D eigenvalue weighted by atomic mass is 16.5. The topological polar surface area (TPSA) is 83.3 Å². The van der Waals surface area contributed by atoms with Crippen LogP contribution in [0.2, 0.25) is 0 Å². The van der Waals surface area contributed by atoms with Gasteiger partial charge in [-0.3, -0.25) is 20.1 Å². The first kappa shape index (κ1) is 14.2. The van der Waals surface area contributed by atoms with Crippen molar-refractivity contribution in [2.45, 2.75) is 26.3 Å². The molecule has 1 atom stereocenters. The fourth-order valence-corrected chi connectivity index (χ4v) is 2.30. The van der Waals surface area contributed by atoms with E-state index < -0.39 is 12.0 Å². The molecule has 1 N–H and O–H groups in total. The minimum absolute atomic E-state index is 0.0401. The Balaban J connectivity index is 2.39. The van der Waals surface area contributed by atoms with Crippen molar-refractivity contribution < 1.29 is 14.3 Å². The molecule has 20 heavy (non-hydrogen) atoms. The second-order valence-electron chi connectivity index (χ2n) is 5.09. The SMILES string of the molecule is COC(=O)[C@H](CC(C)C)N1C(=N)c2ncccc2C1=O. The maximum absolute atomic E-state index is 12.4. The maximum Gasteiger partial charge on any atom is 0.329 e. The van der Waals surface area contributed by atoms with E-state index in [1.165, 1.54) is 18.2 Å². The number of hydrogen-bond acceptors (Lipinski definition) is 5. The van der Waals surface area contributed by atoms with Crippen LogP contribution in [0, 0.1) is 11.3 Å². The van der Waals surface area contributed by atoms with Gasteiger partial charge in [-0.05, 0) is 24.5 Å². The lowest BCUT2D eigenvalue weighted by molar-refractivity contribution is -0.145. The normalized spacial score (nSPS) is 15.5. The molecule has 1 aromatic heterocycles. The van der Waals surface area contributed by atoms with Crippen molar-refractivity contribution in [3.05, 3.63) is 29.6 Å². The average molecular weight is 275 g/mol. The first-order valence-corrected chi connectivity index (χ1v) is 6.42. The van der Waals surface area contributed by atoms with E-state index >= 15 is 0 Å². The van der Waals surface area contributed by atoms with E-state index in [2.05, 4.69) is 4.98 Å². The number of carbonyl (C=O) groups is 2. The number of hydrogen-bond donors (Lipinski definition) is 1. The second-order valence-corrected chi connectivity index (χ2v) is 5.09. The van der Waals surface area contributed by atoms with Gasteiger partial charge in [0.2, 0.25) is 0 Å². The first-order chi connectivity index (χ1) is 9.47. The largest absolute Gasteiger partial charge is 0.467 e. The Hall–Kier alpha value is -2.24. The average Bonchev–Trinajstić information content (AvgIpc) is 2.68. The third-order valence-corrected chi connectivity index (χ3v) is 3.20. The molecule has 6 nitrogen and oxygen atoms in total. The van der Waals surface area contributed by atoms with Crippen LogP contribution < -0.4 is 0 Å². The predicted octanol–water partition coefficient (Wildman–Crippen LogP) is 1.45. The summed E-state index contributed by atoms with van der Waals surface area (Å²) >= 11 is 0. The van der Waals surface area contributed by atoms with Crippen molar-refractivity contribution in [2.24, 2.45) is 5.92 Å². The number of pyridine rings is 1. The summed E-state index contributed by atoms with van der Waals surface area (Å²) in [5.41, 5.74) is 0.672. The maximum atomic E-state index is 12.4. The lowest BCUT2D eigenvalue weighted by atomic mass is 10.0. The monoisotopic (exact) mass is 275 g/mol. The van der Waals surface area contributed by atoms with Crippen LogP contribution >= 0.6 is 0 Å². The molecule has 0 saturated heterocycles. The van der Waals surface area contributed by atoms with Gasteiger partial charge in [0.1, 0.15) is 11.7 Å². The fourth-order valence-electron chi connectivity index (χ4n) is 2.30. The summed E-state index contributed by atoms with van der Waals surface area (Å²) in [7, 11) is 1.28. The van der Waals surface area contributed by atoms with Crippen LogP contribution in [0.15, 0.2) is 18.3 Å². The Morgan fingerprint density at radius 1 is 1.50 bits per heavy atom. The van der Waals surface area contributed by atoms with Gasteiger partial charge in [0.05, 0.1) is 12.7 Å². The Morgan fingerprint density at radius 3 is 2.75 bits per heavy atom. The van der Waals surface area contributed by atoms with Gasteiger partial charge < -0.3 is 4.74 Å². The van der Waals surface area contributed by atoms with E-state index in [1.807, 2.05) is 13.8 Å². The van der Waals surface area contributed by atoms with Crippen LogP contribution in [0.3, 0.4) is 0 Å². The van der Waals surface area contributed by atoms with Crippen molar-refractivity contribution in [1.82, 2.24) is 9.88 Å². The van der Waals surface area contributed by atoms with Crippen molar-refractivity contribution in [1.29, 1.82) is 5.41 Å². The van der Waals surface area contributed by atoms with Crippen LogP contribution in [0.4, 0.5) is 0 Å². The lowest BCUT2D eigenvalue weighted by Gasteiger charge is -2.26. The number of nitrogens with one attached hydrogen (secondary N) is 1. The minimum Gasteiger partial charge on any atom is -0.467 e. The molecule has 1 aromatic rings. The van der Waals surface area contributed by atoms with Gasteiger partial charge in [-0.1, -0.05) is 13.8 Å². The number of carbonyl (C=O) groups excluding carboxylic acids is 2. The molecular formula is C14H17N3O3. The highest BCUT2D eigenvalue weighted by molar-refractivity contribution is 6.22. The third-order valence-electron chi connectivity index (χ3n) is 3.20. The summed E-state index contributed by atoms with van der Waals surface area (Å²) in [6.45, 7) is 3.90. The summed E-state index contributed by atoms with van der Waals surface area (Å²) in [6, 6.07) is 2.47. The van der Waals surface area contributed by atoms with Crippen LogP contribution in [-0.4, -0.2) is 40.7 Å². The van der Waals surface area contributed by atoms with Gasteiger partial charge >= 0.3 is 5.97 Å². The second kappa shape index (κ2) is 5.40. The zero-order chi connectivity index (χ0) is 14.9. The van der Waals surface area contributed by atoms with E-state index in [0.717, 1.165) is 0 Å². The summed E-state index contributed by atoms with van der Waals surface area (Å²) in [6.07, 6.45) is 1.97. The zero-order valence-electron chi connectivity index (χ0n) is 11.7. The number of amidine groups is 1. The van der Waals surface area contributed by atoms with Crippen LogP contribution in [-0.2, 0) is 9.53 Å². The van der Waals surface area contributed by atoms with Crippen molar-refractivity contribution in [2.75, 3.05) is 7.11 Å². The number of nitrogens with zero attached hydrogens (tertiary/aromatic N) is 2. The Morgan fingerprint density at radius 2 is 2.20 bits per heavy atom. The number of fused-ring (bicyclic) bond motifs is 1. The van der Waals surface area contributed by atoms with Gasteiger partial charge in [-0.25, -0.2) is 4.79 Å². The number of esters is 1. The predicted molar refractivity (Wildman–Crippen MR) is 72.5 cm³/mol. The third kappa shape index (κ3) is 2.29. The summed E-state index contributed by atoms with van der Waals surface area (Å²) < 4.78 is 4.77. The molecule has 0 bridgehead atoms. The zero-order valence-corrected chi connectivity index (χ0v) is 11.7. The van der Waals surface area contributed by atoms with Crippen LogP contribution in [0.5, 0.6) is 0 Å².